The van der Waals surface area contributed by atoms with Crippen molar-refractivity contribution >= 4 is 17.9 Å². The van der Waals surface area contributed by atoms with E-state index in [0.717, 1.165) is 11.1 Å². The molecule has 0 aliphatic heterocycles. The molecule has 0 aliphatic rings. The Morgan fingerprint density at radius 1 is 1.00 bits per heavy atom. The van der Waals surface area contributed by atoms with E-state index in [-0.39, 0.29) is 23.6 Å². The predicted molar refractivity (Wildman–Crippen MR) is 122 cm³/mol. The monoisotopic (exact) mass is 416 g/mol. The fourth-order valence-electron chi connectivity index (χ4n) is 3.21. The summed E-state index contributed by atoms with van der Waals surface area (Å²) in [5.41, 5.74) is 5.06. The average Bonchev–Trinajstić information content (AvgIpc) is 3.27. The number of benzene rings is 2. The summed E-state index contributed by atoms with van der Waals surface area (Å²) in [6.07, 6.45) is 3.77. The van der Waals surface area contributed by atoms with Crippen LogP contribution >= 0.6 is 0 Å². The van der Waals surface area contributed by atoms with Crippen LogP contribution in [-0.2, 0) is 4.79 Å². The number of hydrogen-bond donors (Lipinski definition) is 2. The summed E-state index contributed by atoms with van der Waals surface area (Å²) in [6, 6.07) is 16.6. The van der Waals surface area contributed by atoms with E-state index in [4.69, 9.17) is 4.42 Å². The highest BCUT2D eigenvalue weighted by Crippen LogP contribution is 2.20. The Morgan fingerprint density at radius 3 is 2.35 bits per heavy atom. The number of amides is 2. The molecule has 0 saturated heterocycles. The van der Waals surface area contributed by atoms with Gasteiger partial charge in [-0.25, -0.2) is 0 Å². The van der Waals surface area contributed by atoms with Crippen molar-refractivity contribution in [3.8, 4) is 0 Å². The molecule has 3 rings (SSSR count). The zero-order valence-electron chi connectivity index (χ0n) is 18.4. The third kappa shape index (κ3) is 5.72. The molecule has 1 heterocycles. The molecule has 2 aromatic carbocycles. The smallest absolute Gasteiger partial charge is 0.268 e. The summed E-state index contributed by atoms with van der Waals surface area (Å²) in [7, 11) is 0. The average molecular weight is 417 g/mol. The van der Waals surface area contributed by atoms with Gasteiger partial charge in [-0.15, -0.1) is 0 Å². The Morgan fingerprint density at radius 2 is 1.74 bits per heavy atom. The van der Waals surface area contributed by atoms with E-state index in [1.807, 2.05) is 32.0 Å². The van der Waals surface area contributed by atoms with Crippen molar-refractivity contribution in [3.05, 3.63) is 100 Å². The van der Waals surface area contributed by atoms with Crippen LogP contribution in [0.5, 0.6) is 0 Å². The van der Waals surface area contributed by atoms with Crippen LogP contribution in [0.4, 0.5) is 0 Å². The lowest BCUT2D eigenvalue weighted by molar-refractivity contribution is -0.118. The van der Waals surface area contributed by atoms with Gasteiger partial charge >= 0.3 is 0 Å². The van der Waals surface area contributed by atoms with Gasteiger partial charge in [0.1, 0.15) is 11.5 Å². The second-order valence-corrected chi connectivity index (χ2v) is 7.67. The number of rotatable bonds is 7. The lowest BCUT2D eigenvalue weighted by atomic mass is 9.99. The molecule has 160 valence electrons. The van der Waals surface area contributed by atoms with Crippen molar-refractivity contribution in [1.82, 2.24) is 10.6 Å². The van der Waals surface area contributed by atoms with Gasteiger partial charge in [0.2, 0.25) is 0 Å². The van der Waals surface area contributed by atoms with Gasteiger partial charge in [-0.3, -0.25) is 9.59 Å². The van der Waals surface area contributed by atoms with Crippen LogP contribution in [0.2, 0.25) is 0 Å². The Hall–Kier alpha value is -3.60. The molecule has 5 nitrogen and oxygen atoms in total. The van der Waals surface area contributed by atoms with Crippen molar-refractivity contribution in [2.24, 2.45) is 0 Å². The van der Waals surface area contributed by atoms with Gasteiger partial charge < -0.3 is 15.1 Å². The molecule has 0 radical (unpaired) electrons. The SMILES string of the molecule is CCC(NC(=O)/C(=C/c1ccco1)NC(=O)c1ccc(C)cc1)c1ccc(C)c(C)c1. The number of hydrogen-bond acceptors (Lipinski definition) is 3. The van der Waals surface area contributed by atoms with E-state index < -0.39 is 0 Å². The first-order valence-electron chi connectivity index (χ1n) is 10.4. The fraction of sp³-hybridized carbons (Fsp3) is 0.231. The Kier molecular flexibility index (Phi) is 7.08. The van der Waals surface area contributed by atoms with Crippen LogP contribution in [0.3, 0.4) is 0 Å². The number of carbonyl (C=O) groups is 2. The molecule has 0 saturated carbocycles. The van der Waals surface area contributed by atoms with Crippen molar-refractivity contribution in [2.75, 3.05) is 0 Å². The molecule has 1 atom stereocenters. The van der Waals surface area contributed by atoms with Crippen LogP contribution in [0, 0.1) is 20.8 Å². The highest BCUT2D eigenvalue weighted by atomic mass is 16.3. The number of carbonyl (C=O) groups excluding carboxylic acids is 2. The standard InChI is InChI=1S/C26H28N2O3/c1-5-23(21-13-10-18(3)19(4)15-21)27-26(30)24(16-22-7-6-14-31-22)28-25(29)20-11-8-17(2)9-12-20/h6-16,23H,5H2,1-4H3,(H,27,30)(H,28,29)/b24-16-. The molecule has 31 heavy (non-hydrogen) atoms. The molecule has 3 aromatic rings. The maximum Gasteiger partial charge on any atom is 0.268 e. The van der Waals surface area contributed by atoms with E-state index in [2.05, 4.69) is 36.6 Å². The second-order valence-electron chi connectivity index (χ2n) is 7.67. The quantitative estimate of drug-likeness (QED) is 0.517. The maximum atomic E-state index is 13.1. The summed E-state index contributed by atoms with van der Waals surface area (Å²) in [5, 5.41) is 5.79. The van der Waals surface area contributed by atoms with Gasteiger partial charge in [0.05, 0.1) is 12.3 Å². The molecule has 0 spiro atoms. The second kappa shape index (κ2) is 9.94. The number of furan rings is 1. The summed E-state index contributed by atoms with van der Waals surface area (Å²) in [6.45, 7) is 8.08. The zero-order chi connectivity index (χ0) is 22.4. The Bertz CT molecular complexity index is 1080. The molecule has 5 heteroatoms. The van der Waals surface area contributed by atoms with Crippen LogP contribution in [0.1, 0.15) is 57.8 Å². The van der Waals surface area contributed by atoms with Crippen molar-refractivity contribution in [1.29, 1.82) is 0 Å². The third-order valence-corrected chi connectivity index (χ3v) is 5.28. The van der Waals surface area contributed by atoms with Gasteiger partial charge in [-0.2, -0.15) is 0 Å². The molecule has 1 aromatic heterocycles. The van der Waals surface area contributed by atoms with E-state index >= 15 is 0 Å². The van der Waals surface area contributed by atoms with E-state index in [0.29, 0.717) is 17.7 Å². The first-order chi connectivity index (χ1) is 14.9. The molecule has 0 bridgehead atoms. The molecular weight excluding hydrogens is 388 g/mol. The summed E-state index contributed by atoms with van der Waals surface area (Å²) < 4.78 is 5.35. The lowest BCUT2D eigenvalue weighted by Crippen LogP contribution is -2.36. The fourth-order valence-corrected chi connectivity index (χ4v) is 3.21. The summed E-state index contributed by atoms with van der Waals surface area (Å²) in [4.78, 5) is 25.9. The minimum atomic E-state index is -0.373. The molecule has 2 N–H and O–H groups in total. The van der Waals surface area contributed by atoms with Crippen LogP contribution < -0.4 is 10.6 Å². The highest BCUT2D eigenvalue weighted by molar-refractivity contribution is 6.05. The van der Waals surface area contributed by atoms with Gasteiger partial charge in [0.25, 0.3) is 11.8 Å². The summed E-state index contributed by atoms with van der Waals surface area (Å²) in [5.74, 6) is -0.247. The van der Waals surface area contributed by atoms with Crippen molar-refractivity contribution in [3.63, 3.8) is 0 Å². The Labute approximate surface area is 183 Å². The normalized spacial score (nSPS) is 12.3. The molecule has 1 unspecified atom stereocenters. The van der Waals surface area contributed by atoms with Gasteiger partial charge in [-0.05, 0) is 68.1 Å². The topological polar surface area (TPSA) is 71.3 Å². The lowest BCUT2D eigenvalue weighted by Gasteiger charge is -2.20. The molecule has 2 amide bonds. The highest BCUT2D eigenvalue weighted by Gasteiger charge is 2.19. The van der Waals surface area contributed by atoms with E-state index in [1.165, 1.54) is 23.5 Å². The first kappa shape index (κ1) is 22.1. The third-order valence-electron chi connectivity index (χ3n) is 5.28. The maximum absolute atomic E-state index is 13.1. The van der Waals surface area contributed by atoms with Gasteiger partial charge in [0, 0.05) is 11.6 Å². The number of nitrogens with one attached hydrogen (secondary N) is 2. The molecule has 0 aliphatic carbocycles. The van der Waals surface area contributed by atoms with Crippen LogP contribution in [-0.4, -0.2) is 11.8 Å². The van der Waals surface area contributed by atoms with Crippen LogP contribution in [0.25, 0.3) is 6.08 Å². The molecular formula is C26H28N2O3. The van der Waals surface area contributed by atoms with E-state index in [9.17, 15) is 9.59 Å². The minimum absolute atomic E-state index is 0.128. The minimum Gasteiger partial charge on any atom is -0.465 e. The largest absolute Gasteiger partial charge is 0.465 e. The van der Waals surface area contributed by atoms with Crippen molar-refractivity contribution < 1.29 is 14.0 Å². The number of aryl methyl sites for hydroxylation is 3. The van der Waals surface area contributed by atoms with Gasteiger partial charge in [-0.1, -0.05) is 42.8 Å². The van der Waals surface area contributed by atoms with E-state index in [1.54, 1.807) is 24.3 Å². The van der Waals surface area contributed by atoms with Gasteiger partial charge in [0.15, 0.2) is 0 Å². The van der Waals surface area contributed by atoms with Crippen molar-refractivity contribution in [2.45, 2.75) is 40.2 Å². The molecule has 0 fully saturated rings. The first-order valence-corrected chi connectivity index (χ1v) is 10.4. The summed E-state index contributed by atoms with van der Waals surface area (Å²) >= 11 is 0. The predicted octanol–water partition coefficient (Wildman–Crippen LogP) is 5.24. The zero-order valence-corrected chi connectivity index (χ0v) is 18.4. The Balaban J connectivity index is 1.84. The van der Waals surface area contributed by atoms with Crippen LogP contribution in [0.15, 0.2) is 71.0 Å².